The van der Waals surface area contributed by atoms with E-state index in [-0.39, 0.29) is 6.42 Å². The van der Waals surface area contributed by atoms with E-state index < -0.39 is 5.97 Å². The van der Waals surface area contributed by atoms with Crippen molar-refractivity contribution in [1.29, 1.82) is 0 Å². The highest BCUT2D eigenvalue weighted by atomic mass is 35.5. The lowest BCUT2D eigenvalue weighted by molar-refractivity contribution is -0.305. The molecule has 0 aliphatic heterocycles. The molecule has 1 aromatic heterocycles. The highest BCUT2D eigenvalue weighted by molar-refractivity contribution is 6.30. The molecule has 0 saturated heterocycles. The molecule has 2 aromatic carbocycles. The molecule has 0 amide bonds. The van der Waals surface area contributed by atoms with E-state index in [2.05, 4.69) is 0 Å². The minimum atomic E-state index is -1.09. The van der Waals surface area contributed by atoms with E-state index in [0.29, 0.717) is 22.9 Å². The van der Waals surface area contributed by atoms with Crippen LogP contribution in [0.3, 0.4) is 0 Å². The number of hydrogen-bond acceptors (Lipinski definition) is 4. The van der Waals surface area contributed by atoms with Gasteiger partial charge in [-0.3, -0.25) is 0 Å². The van der Waals surface area contributed by atoms with Gasteiger partial charge in [0, 0.05) is 22.8 Å². The quantitative estimate of drug-likeness (QED) is 0.625. The fraction of sp³-hybridized carbons (Fsp3) is 0.190. The van der Waals surface area contributed by atoms with Crippen molar-refractivity contribution < 1.29 is 19.4 Å². The monoisotopic (exact) mass is 384 g/mol. The zero-order valence-electron chi connectivity index (χ0n) is 15.1. The van der Waals surface area contributed by atoms with Gasteiger partial charge >= 0.3 is 0 Å². The lowest BCUT2D eigenvalue weighted by Crippen LogP contribution is -2.22. The molecule has 0 spiro atoms. The minimum absolute atomic E-state index is 0.0669. The van der Waals surface area contributed by atoms with E-state index in [1.807, 2.05) is 53.1 Å². The predicted molar refractivity (Wildman–Crippen MR) is 103 cm³/mol. The first-order valence-corrected chi connectivity index (χ1v) is 8.80. The molecule has 27 heavy (non-hydrogen) atoms. The fourth-order valence-corrected chi connectivity index (χ4v) is 3.13. The molecule has 0 unspecified atom stereocenters. The number of nitrogens with zero attached hydrogens (tertiary/aromatic N) is 1. The summed E-state index contributed by atoms with van der Waals surface area (Å²) in [5.41, 5.74) is 3.50. The molecule has 3 rings (SSSR count). The summed E-state index contributed by atoms with van der Waals surface area (Å²) < 4.78 is 12.8. The second-order valence-corrected chi connectivity index (χ2v) is 6.40. The van der Waals surface area contributed by atoms with Crippen LogP contribution in [0.4, 0.5) is 0 Å². The van der Waals surface area contributed by atoms with Crippen molar-refractivity contribution >= 4 is 17.6 Å². The minimum Gasteiger partial charge on any atom is -0.550 e. The van der Waals surface area contributed by atoms with Gasteiger partial charge in [0.05, 0.1) is 25.6 Å². The number of carbonyl (C=O) groups excluding carboxylic acids is 1. The maximum absolute atomic E-state index is 11.0. The molecule has 3 aromatic rings. The number of carboxylic acid groups (broad SMARTS) is 1. The average Bonchev–Trinajstić information content (AvgIpc) is 3.10. The Labute approximate surface area is 162 Å². The highest BCUT2D eigenvalue weighted by Crippen LogP contribution is 2.34. The highest BCUT2D eigenvalue weighted by Gasteiger charge is 2.16. The summed E-state index contributed by atoms with van der Waals surface area (Å²) in [5, 5.41) is 11.6. The van der Waals surface area contributed by atoms with Gasteiger partial charge in [-0.1, -0.05) is 23.7 Å². The number of rotatable bonds is 7. The summed E-state index contributed by atoms with van der Waals surface area (Å²) >= 11 is 6.01. The maximum Gasteiger partial charge on any atom is 0.146 e. The van der Waals surface area contributed by atoms with Gasteiger partial charge in [-0.2, -0.15) is 0 Å². The summed E-state index contributed by atoms with van der Waals surface area (Å²) in [6.45, 7) is 0. The number of carboxylic acids is 1. The number of benzene rings is 2. The summed E-state index contributed by atoms with van der Waals surface area (Å²) in [6.07, 6.45) is 0.271. The van der Waals surface area contributed by atoms with Crippen molar-refractivity contribution in [2.24, 2.45) is 0 Å². The number of ether oxygens (including phenoxy) is 2. The second kappa shape index (κ2) is 8.18. The first-order chi connectivity index (χ1) is 13.0. The molecule has 0 radical (unpaired) electrons. The van der Waals surface area contributed by atoms with Crippen molar-refractivity contribution in [2.45, 2.75) is 12.8 Å². The summed E-state index contributed by atoms with van der Waals surface area (Å²) in [7, 11) is 3.18. The van der Waals surface area contributed by atoms with Crippen LogP contribution in [0.2, 0.25) is 5.02 Å². The molecule has 0 aliphatic carbocycles. The Bertz CT molecular complexity index is 947. The van der Waals surface area contributed by atoms with Gasteiger partial charge in [0.15, 0.2) is 0 Å². The predicted octanol–water partition coefficient (Wildman–Crippen LogP) is 3.50. The van der Waals surface area contributed by atoms with Gasteiger partial charge in [-0.05, 0) is 54.8 Å². The topological polar surface area (TPSA) is 63.5 Å². The van der Waals surface area contributed by atoms with E-state index in [4.69, 9.17) is 21.1 Å². The number of aliphatic carboxylic acids is 1. The molecule has 5 nitrogen and oxygen atoms in total. The molecule has 0 aliphatic rings. The molecule has 0 saturated carbocycles. The van der Waals surface area contributed by atoms with Crippen molar-refractivity contribution in [1.82, 2.24) is 4.57 Å². The Morgan fingerprint density at radius 3 is 2.41 bits per heavy atom. The van der Waals surface area contributed by atoms with Crippen LogP contribution in [0, 0.1) is 0 Å². The Hall–Kier alpha value is -2.92. The SMILES string of the molecule is COc1ccc(-n2c(CCC(=O)[O-])ccc2-c2ccc(Cl)cc2)c(OC)c1. The Kier molecular flexibility index (Phi) is 5.72. The largest absolute Gasteiger partial charge is 0.550 e. The van der Waals surface area contributed by atoms with Crippen LogP contribution in [-0.2, 0) is 11.2 Å². The molecular formula is C21H19ClNO4-. The maximum atomic E-state index is 11.0. The molecule has 0 N–H and O–H groups in total. The van der Waals surface area contributed by atoms with Gasteiger partial charge in [0.1, 0.15) is 11.5 Å². The third-order valence-corrected chi connectivity index (χ3v) is 4.57. The third kappa shape index (κ3) is 4.09. The van der Waals surface area contributed by atoms with Gasteiger partial charge in [-0.15, -0.1) is 0 Å². The summed E-state index contributed by atoms with van der Waals surface area (Å²) in [4.78, 5) is 11.0. The standard InChI is InChI=1S/C21H20ClNO4/c1-26-17-9-11-19(20(13-17)27-2)23-16(8-12-21(24)25)7-10-18(23)14-3-5-15(22)6-4-14/h3-7,9-11,13H,8,12H2,1-2H3,(H,24,25)/p-1. The zero-order chi connectivity index (χ0) is 19.4. The van der Waals surface area contributed by atoms with Crippen LogP contribution in [0.15, 0.2) is 54.6 Å². The van der Waals surface area contributed by atoms with Gasteiger partial charge in [0.2, 0.25) is 0 Å². The molecule has 140 valence electrons. The molecule has 1 heterocycles. The average molecular weight is 385 g/mol. The molecule has 0 atom stereocenters. The number of aromatic nitrogens is 1. The van der Waals surface area contributed by atoms with E-state index in [1.165, 1.54) is 0 Å². The van der Waals surface area contributed by atoms with Crippen molar-refractivity contribution in [3.63, 3.8) is 0 Å². The number of methoxy groups -OCH3 is 2. The first kappa shape index (κ1) is 18.9. The molecule has 6 heteroatoms. The number of hydrogen-bond donors (Lipinski definition) is 0. The van der Waals surface area contributed by atoms with Crippen LogP contribution in [0.25, 0.3) is 16.9 Å². The summed E-state index contributed by atoms with van der Waals surface area (Å²) in [6, 6.07) is 16.9. The van der Waals surface area contributed by atoms with Crippen LogP contribution in [-0.4, -0.2) is 24.8 Å². The normalized spacial score (nSPS) is 10.6. The lowest BCUT2D eigenvalue weighted by atomic mass is 10.1. The van der Waals surface area contributed by atoms with Crippen LogP contribution in [0.5, 0.6) is 11.5 Å². The Balaban J connectivity index is 2.17. The molecule has 0 bridgehead atoms. The smallest absolute Gasteiger partial charge is 0.146 e. The van der Waals surface area contributed by atoms with E-state index in [0.717, 1.165) is 22.6 Å². The van der Waals surface area contributed by atoms with Crippen LogP contribution < -0.4 is 14.6 Å². The van der Waals surface area contributed by atoms with Crippen molar-refractivity contribution in [3.05, 3.63) is 65.3 Å². The van der Waals surface area contributed by atoms with Crippen molar-refractivity contribution in [3.8, 4) is 28.4 Å². The van der Waals surface area contributed by atoms with Crippen LogP contribution in [0.1, 0.15) is 12.1 Å². The third-order valence-electron chi connectivity index (χ3n) is 4.31. The number of aryl methyl sites for hydroxylation is 1. The molecule has 0 fully saturated rings. The second-order valence-electron chi connectivity index (χ2n) is 5.96. The summed E-state index contributed by atoms with van der Waals surface area (Å²) in [5.74, 6) is 0.208. The van der Waals surface area contributed by atoms with Gasteiger partial charge in [0.25, 0.3) is 0 Å². The van der Waals surface area contributed by atoms with E-state index in [1.54, 1.807) is 20.3 Å². The van der Waals surface area contributed by atoms with E-state index in [9.17, 15) is 9.90 Å². The Morgan fingerprint density at radius 2 is 1.78 bits per heavy atom. The Morgan fingerprint density at radius 1 is 1.04 bits per heavy atom. The van der Waals surface area contributed by atoms with Gasteiger partial charge < -0.3 is 23.9 Å². The molecular weight excluding hydrogens is 366 g/mol. The fourth-order valence-electron chi connectivity index (χ4n) is 3.00. The van der Waals surface area contributed by atoms with Gasteiger partial charge in [-0.25, -0.2) is 0 Å². The first-order valence-electron chi connectivity index (χ1n) is 8.42. The lowest BCUT2D eigenvalue weighted by Gasteiger charge is -2.18. The number of carbonyl (C=O) groups is 1. The van der Waals surface area contributed by atoms with Crippen molar-refractivity contribution in [2.75, 3.05) is 14.2 Å². The van der Waals surface area contributed by atoms with Crippen LogP contribution >= 0.6 is 11.6 Å². The zero-order valence-corrected chi connectivity index (χ0v) is 15.8. The number of halogens is 1. The van der Waals surface area contributed by atoms with E-state index >= 15 is 0 Å².